The average Bonchev–Trinajstić information content (AvgIpc) is 3.24. The van der Waals surface area contributed by atoms with Gasteiger partial charge in [0.05, 0.1) is 11.9 Å². The van der Waals surface area contributed by atoms with Gasteiger partial charge in [-0.2, -0.15) is 0 Å². The van der Waals surface area contributed by atoms with Crippen LogP contribution < -0.4 is 14.4 Å². The Labute approximate surface area is 209 Å². The molecule has 0 saturated heterocycles. The summed E-state index contributed by atoms with van der Waals surface area (Å²) >= 11 is 0. The third-order valence-electron chi connectivity index (χ3n) is 5.72. The first kappa shape index (κ1) is 23.4. The third kappa shape index (κ3) is 5.18. The first-order valence-electron chi connectivity index (χ1n) is 11.3. The summed E-state index contributed by atoms with van der Waals surface area (Å²) in [5, 5.41) is 4.70. The molecule has 1 N–H and O–H groups in total. The number of hydrogen-bond acceptors (Lipinski definition) is 5. The van der Waals surface area contributed by atoms with Gasteiger partial charge in [0.1, 0.15) is 30.1 Å². The Bertz CT molecular complexity index is 1630. The van der Waals surface area contributed by atoms with E-state index < -0.39 is 15.9 Å². The van der Waals surface area contributed by atoms with Crippen molar-refractivity contribution in [3.05, 3.63) is 103 Å². The van der Waals surface area contributed by atoms with Gasteiger partial charge in [0.25, 0.3) is 0 Å². The number of furan rings is 1. The Balaban J connectivity index is 1.28. The second-order valence-corrected chi connectivity index (χ2v) is 10.3. The number of nitrogens with zero attached hydrogens (tertiary/aromatic N) is 1. The van der Waals surface area contributed by atoms with Gasteiger partial charge in [0, 0.05) is 22.5 Å². The molecule has 0 unspecified atom stereocenters. The fourth-order valence-corrected chi connectivity index (χ4v) is 4.84. The van der Waals surface area contributed by atoms with Gasteiger partial charge in [0.15, 0.2) is 0 Å². The molecule has 0 spiro atoms. The van der Waals surface area contributed by atoms with Crippen LogP contribution in [0, 0.1) is 0 Å². The number of amides is 1. The molecule has 5 aromatic rings. The van der Waals surface area contributed by atoms with Crippen molar-refractivity contribution in [3.8, 4) is 5.75 Å². The third-order valence-corrected chi connectivity index (χ3v) is 6.86. The highest BCUT2D eigenvalue weighted by atomic mass is 32.2. The normalized spacial score (nSPS) is 11.5. The van der Waals surface area contributed by atoms with E-state index in [2.05, 4.69) is 5.32 Å². The second kappa shape index (κ2) is 9.75. The lowest BCUT2D eigenvalue weighted by atomic mass is 10.1. The lowest BCUT2D eigenvalue weighted by Gasteiger charge is -2.22. The van der Waals surface area contributed by atoms with Crippen LogP contribution in [-0.2, 0) is 21.4 Å². The quantitative estimate of drug-likeness (QED) is 0.301. The van der Waals surface area contributed by atoms with Crippen molar-refractivity contribution < 1.29 is 22.4 Å². The maximum absolute atomic E-state index is 12.8. The lowest BCUT2D eigenvalue weighted by molar-refractivity contribution is -0.114. The van der Waals surface area contributed by atoms with E-state index in [1.807, 2.05) is 60.7 Å². The molecule has 0 aliphatic rings. The van der Waals surface area contributed by atoms with Crippen LogP contribution in [0.25, 0.3) is 21.9 Å². The van der Waals surface area contributed by atoms with E-state index in [9.17, 15) is 13.2 Å². The van der Waals surface area contributed by atoms with Gasteiger partial charge >= 0.3 is 0 Å². The van der Waals surface area contributed by atoms with E-state index in [4.69, 9.17) is 9.15 Å². The summed E-state index contributed by atoms with van der Waals surface area (Å²) in [7, 11) is -3.71. The van der Waals surface area contributed by atoms with E-state index in [0.717, 1.165) is 32.5 Å². The standard InChI is InChI=1S/C28H24N2O5S/c1-36(32,33)30(22-12-14-23(15-13-22)34-19-20-7-3-2-4-8-20)18-28(31)29-21-11-16-25-24-9-5-6-10-26(24)35-27(25)17-21/h2-17H,18-19H2,1H3,(H,29,31). The molecule has 4 aromatic carbocycles. The first-order valence-corrected chi connectivity index (χ1v) is 13.2. The molecule has 0 saturated carbocycles. The number of hydrogen-bond donors (Lipinski definition) is 1. The summed E-state index contributed by atoms with van der Waals surface area (Å²) in [6, 6.07) is 29.4. The van der Waals surface area contributed by atoms with E-state index in [-0.39, 0.29) is 6.54 Å². The molecule has 0 fully saturated rings. The minimum atomic E-state index is -3.71. The van der Waals surface area contributed by atoms with Crippen molar-refractivity contribution in [1.82, 2.24) is 0 Å². The molecule has 0 radical (unpaired) electrons. The first-order chi connectivity index (χ1) is 17.4. The van der Waals surface area contributed by atoms with Crippen LogP contribution in [-0.4, -0.2) is 27.1 Å². The molecule has 1 aromatic heterocycles. The molecule has 36 heavy (non-hydrogen) atoms. The summed E-state index contributed by atoms with van der Waals surface area (Å²) in [5.41, 5.74) is 3.31. The zero-order chi connectivity index (χ0) is 25.1. The van der Waals surface area contributed by atoms with Gasteiger partial charge in [-0.3, -0.25) is 9.10 Å². The number of carbonyl (C=O) groups excluding carboxylic acids is 1. The molecule has 0 atom stereocenters. The summed E-state index contributed by atoms with van der Waals surface area (Å²) in [6.07, 6.45) is 1.07. The van der Waals surface area contributed by atoms with Crippen LogP contribution in [0.15, 0.2) is 101 Å². The van der Waals surface area contributed by atoms with Crippen molar-refractivity contribution in [1.29, 1.82) is 0 Å². The smallest absolute Gasteiger partial charge is 0.245 e. The monoisotopic (exact) mass is 500 g/mol. The van der Waals surface area contributed by atoms with Gasteiger partial charge in [-0.15, -0.1) is 0 Å². The Morgan fingerprint density at radius 1 is 0.861 bits per heavy atom. The minimum Gasteiger partial charge on any atom is -0.489 e. The maximum Gasteiger partial charge on any atom is 0.245 e. The lowest BCUT2D eigenvalue weighted by Crippen LogP contribution is -2.37. The Morgan fingerprint density at radius 3 is 2.31 bits per heavy atom. The maximum atomic E-state index is 12.8. The van der Waals surface area contributed by atoms with E-state index in [1.54, 1.807) is 36.4 Å². The zero-order valence-corrected chi connectivity index (χ0v) is 20.4. The fraction of sp³-hybridized carbons (Fsp3) is 0.107. The van der Waals surface area contributed by atoms with Crippen molar-refractivity contribution in [3.63, 3.8) is 0 Å². The molecule has 5 rings (SSSR count). The Hall–Kier alpha value is -4.30. The van der Waals surface area contributed by atoms with Crippen LogP contribution in [0.5, 0.6) is 5.75 Å². The molecule has 0 aliphatic heterocycles. The van der Waals surface area contributed by atoms with Crippen LogP contribution in [0.3, 0.4) is 0 Å². The Kier molecular flexibility index (Phi) is 6.35. The number of sulfonamides is 1. The molecule has 0 aliphatic carbocycles. The van der Waals surface area contributed by atoms with E-state index in [1.165, 1.54) is 0 Å². The number of fused-ring (bicyclic) bond motifs is 3. The fourth-order valence-electron chi connectivity index (χ4n) is 3.98. The van der Waals surface area contributed by atoms with Crippen molar-refractivity contribution in [2.75, 3.05) is 22.4 Å². The van der Waals surface area contributed by atoms with Crippen molar-refractivity contribution in [2.24, 2.45) is 0 Å². The van der Waals surface area contributed by atoms with Gasteiger partial charge in [-0.1, -0.05) is 48.5 Å². The molecule has 1 amide bonds. The molecule has 1 heterocycles. The van der Waals surface area contributed by atoms with Crippen molar-refractivity contribution >= 4 is 49.2 Å². The number of nitrogens with one attached hydrogen (secondary N) is 1. The van der Waals surface area contributed by atoms with Crippen LogP contribution in [0.1, 0.15) is 5.56 Å². The van der Waals surface area contributed by atoms with Gasteiger partial charge in [-0.05, 0) is 48.0 Å². The highest BCUT2D eigenvalue weighted by molar-refractivity contribution is 7.92. The number of anilines is 2. The SMILES string of the molecule is CS(=O)(=O)N(CC(=O)Nc1ccc2c(c1)oc1ccccc12)c1ccc(OCc2ccccc2)cc1. The number of ether oxygens (including phenoxy) is 1. The van der Waals surface area contributed by atoms with Crippen LogP contribution in [0.4, 0.5) is 11.4 Å². The molecule has 7 nitrogen and oxygen atoms in total. The van der Waals surface area contributed by atoms with E-state index in [0.29, 0.717) is 29.3 Å². The largest absolute Gasteiger partial charge is 0.489 e. The van der Waals surface area contributed by atoms with Crippen LogP contribution >= 0.6 is 0 Å². The predicted molar refractivity (Wildman–Crippen MR) is 142 cm³/mol. The highest BCUT2D eigenvalue weighted by Crippen LogP contribution is 2.30. The van der Waals surface area contributed by atoms with Gasteiger partial charge in [-0.25, -0.2) is 8.42 Å². The molecular weight excluding hydrogens is 476 g/mol. The van der Waals surface area contributed by atoms with Gasteiger partial charge < -0.3 is 14.5 Å². The predicted octanol–water partition coefficient (Wildman–Crippen LogP) is 5.57. The summed E-state index contributed by atoms with van der Waals surface area (Å²) in [4.78, 5) is 12.8. The topological polar surface area (TPSA) is 88.9 Å². The Morgan fingerprint density at radius 2 is 1.56 bits per heavy atom. The number of rotatable bonds is 8. The van der Waals surface area contributed by atoms with Crippen LogP contribution in [0.2, 0.25) is 0 Å². The second-order valence-electron chi connectivity index (χ2n) is 8.40. The molecule has 0 bridgehead atoms. The van der Waals surface area contributed by atoms with Crippen molar-refractivity contribution in [2.45, 2.75) is 6.61 Å². The minimum absolute atomic E-state index is 0.368. The molecular formula is C28H24N2O5S. The molecule has 8 heteroatoms. The zero-order valence-electron chi connectivity index (χ0n) is 19.5. The van der Waals surface area contributed by atoms with E-state index >= 15 is 0 Å². The average molecular weight is 501 g/mol. The number of para-hydroxylation sites is 1. The summed E-state index contributed by atoms with van der Waals surface area (Å²) in [6.45, 7) is 0.0230. The molecule has 182 valence electrons. The summed E-state index contributed by atoms with van der Waals surface area (Å²) in [5.74, 6) is 0.125. The number of benzene rings is 4. The summed E-state index contributed by atoms with van der Waals surface area (Å²) < 4.78 is 37.7. The van der Waals surface area contributed by atoms with Gasteiger partial charge in [0.2, 0.25) is 15.9 Å². The highest BCUT2D eigenvalue weighted by Gasteiger charge is 2.21. The number of carbonyl (C=O) groups is 1.